The van der Waals surface area contributed by atoms with Gasteiger partial charge in [-0.1, -0.05) is 6.58 Å². The molecule has 0 atom stereocenters. The van der Waals surface area contributed by atoms with Crippen molar-refractivity contribution >= 4 is 5.91 Å². The van der Waals surface area contributed by atoms with E-state index in [2.05, 4.69) is 11.9 Å². The van der Waals surface area contributed by atoms with Crippen LogP contribution in [0, 0.1) is 5.92 Å². The molecule has 0 spiro atoms. The number of nitrogens with one attached hydrogen (secondary N) is 1. The third-order valence-electron chi connectivity index (χ3n) is 2.91. The van der Waals surface area contributed by atoms with Gasteiger partial charge in [-0.25, -0.2) is 0 Å². The Kier molecular flexibility index (Phi) is 3.99. The predicted octanol–water partition coefficient (Wildman–Crippen LogP) is 2.80. The fourth-order valence-corrected chi connectivity index (χ4v) is 1.87. The monoisotopic (exact) mass is 235 g/mol. The number of carbonyl (C=O) groups is 1. The Bertz CT molecular complexity index is 277. The van der Waals surface area contributed by atoms with E-state index in [1.54, 1.807) is 6.92 Å². The second-order valence-electron chi connectivity index (χ2n) is 4.34. The summed E-state index contributed by atoms with van der Waals surface area (Å²) < 4.78 is 37.1. The topological polar surface area (TPSA) is 29.1 Å². The molecule has 0 unspecified atom stereocenters. The maximum atomic E-state index is 12.4. The fraction of sp³-hybridized carbons (Fsp3) is 0.727. The number of hydrogen-bond donors (Lipinski definition) is 1. The molecule has 92 valence electrons. The van der Waals surface area contributed by atoms with Crippen LogP contribution in [-0.4, -0.2) is 18.1 Å². The van der Waals surface area contributed by atoms with Crippen molar-refractivity contribution in [3.05, 3.63) is 12.2 Å². The van der Waals surface area contributed by atoms with E-state index in [9.17, 15) is 18.0 Å². The number of amides is 1. The summed E-state index contributed by atoms with van der Waals surface area (Å²) in [4.78, 5) is 11.3. The van der Waals surface area contributed by atoms with Crippen LogP contribution >= 0.6 is 0 Å². The molecule has 1 amide bonds. The summed E-state index contributed by atoms with van der Waals surface area (Å²) in [7, 11) is 0. The van der Waals surface area contributed by atoms with Crippen molar-refractivity contribution in [1.82, 2.24) is 5.32 Å². The maximum Gasteiger partial charge on any atom is 0.391 e. The van der Waals surface area contributed by atoms with Crippen molar-refractivity contribution in [1.29, 1.82) is 0 Å². The van der Waals surface area contributed by atoms with E-state index in [4.69, 9.17) is 0 Å². The van der Waals surface area contributed by atoms with Gasteiger partial charge in [0.25, 0.3) is 0 Å². The minimum absolute atomic E-state index is 0.102. The van der Waals surface area contributed by atoms with Gasteiger partial charge in [0.15, 0.2) is 0 Å². The molecule has 16 heavy (non-hydrogen) atoms. The zero-order valence-corrected chi connectivity index (χ0v) is 9.23. The second-order valence-corrected chi connectivity index (χ2v) is 4.34. The second kappa shape index (κ2) is 4.89. The quantitative estimate of drug-likeness (QED) is 0.733. The van der Waals surface area contributed by atoms with E-state index in [0.29, 0.717) is 18.4 Å². The summed E-state index contributed by atoms with van der Waals surface area (Å²) in [6, 6.07) is -0.136. The molecule has 0 bridgehead atoms. The Morgan fingerprint density at radius 1 is 1.25 bits per heavy atom. The lowest BCUT2D eigenvalue weighted by Crippen LogP contribution is -2.40. The molecule has 1 fully saturated rings. The van der Waals surface area contributed by atoms with E-state index >= 15 is 0 Å². The maximum absolute atomic E-state index is 12.4. The highest BCUT2D eigenvalue weighted by atomic mass is 19.4. The number of rotatable bonds is 2. The van der Waals surface area contributed by atoms with Crippen LogP contribution in [0.1, 0.15) is 32.6 Å². The molecule has 0 aromatic heterocycles. The average molecular weight is 235 g/mol. The molecule has 1 rings (SSSR count). The first kappa shape index (κ1) is 13.1. The minimum atomic E-state index is -4.09. The zero-order valence-electron chi connectivity index (χ0n) is 9.23. The van der Waals surface area contributed by atoms with Crippen LogP contribution in [0.25, 0.3) is 0 Å². The molecular weight excluding hydrogens is 219 g/mol. The lowest BCUT2D eigenvalue weighted by Gasteiger charge is -2.30. The van der Waals surface area contributed by atoms with Crippen molar-refractivity contribution in [2.24, 2.45) is 5.92 Å². The number of halogens is 3. The van der Waals surface area contributed by atoms with Gasteiger partial charge >= 0.3 is 6.18 Å². The normalized spacial score (nSPS) is 26.2. The molecule has 0 aliphatic heterocycles. The van der Waals surface area contributed by atoms with Gasteiger partial charge in [0, 0.05) is 11.6 Å². The fourth-order valence-electron chi connectivity index (χ4n) is 1.87. The highest BCUT2D eigenvalue weighted by Gasteiger charge is 2.41. The third-order valence-corrected chi connectivity index (χ3v) is 2.91. The van der Waals surface area contributed by atoms with Crippen molar-refractivity contribution in [3.8, 4) is 0 Å². The number of hydrogen-bond acceptors (Lipinski definition) is 1. The van der Waals surface area contributed by atoms with Gasteiger partial charge in [0.2, 0.25) is 5.91 Å². The van der Waals surface area contributed by atoms with Crippen LogP contribution in [0.2, 0.25) is 0 Å². The summed E-state index contributed by atoms with van der Waals surface area (Å²) >= 11 is 0. The van der Waals surface area contributed by atoms with E-state index in [1.165, 1.54) is 0 Å². The standard InChI is InChI=1S/C11H16F3NO/c1-7(2)10(16)15-9-5-3-8(4-6-9)11(12,13)14/h8-9H,1,3-6H2,2H3,(H,15,16). The van der Waals surface area contributed by atoms with Crippen molar-refractivity contribution in [3.63, 3.8) is 0 Å². The largest absolute Gasteiger partial charge is 0.391 e. The molecule has 0 aromatic carbocycles. The van der Waals surface area contributed by atoms with Crippen LogP contribution in [0.15, 0.2) is 12.2 Å². The molecular formula is C11H16F3NO. The van der Waals surface area contributed by atoms with Crippen LogP contribution in [0.5, 0.6) is 0 Å². The molecule has 0 aromatic rings. The predicted molar refractivity (Wildman–Crippen MR) is 54.8 cm³/mol. The van der Waals surface area contributed by atoms with Gasteiger partial charge < -0.3 is 5.32 Å². The van der Waals surface area contributed by atoms with Gasteiger partial charge in [-0.05, 0) is 32.6 Å². The Morgan fingerprint density at radius 2 is 1.75 bits per heavy atom. The highest BCUT2D eigenvalue weighted by molar-refractivity contribution is 5.92. The average Bonchev–Trinajstić information content (AvgIpc) is 2.17. The Morgan fingerprint density at radius 3 is 2.12 bits per heavy atom. The number of carbonyl (C=O) groups excluding carboxylic acids is 1. The summed E-state index contributed by atoms with van der Waals surface area (Å²) in [5.74, 6) is -1.47. The van der Waals surface area contributed by atoms with Crippen molar-refractivity contribution in [2.75, 3.05) is 0 Å². The number of alkyl halides is 3. The SMILES string of the molecule is C=C(C)C(=O)NC1CCC(C(F)(F)F)CC1. The lowest BCUT2D eigenvalue weighted by atomic mass is 9.85. The third kappa shape index (κ3) is 3.54. The minimum Gasteiger partial charge on any atom is -0.350 e. The van der Waals surface area contributed by atoms with Crippen LogP contribution in [-0.2, 0) is 4.79 Å². The van der Waals surface area contributed by atoms with E-state index in [1.807, 2.05) is 0 Å². The highest BCUT2D eigenvalue weighted by Crippen LogP contribution is 2.37. The first-order valence-corrected chi connectivity index (χ1v) is 5.33. The van der Waals surface area contributed by atoms with Gasteiger partial charge in [-0.2, -0.15) is 13.2 Å². The van der Waals surface area contributed by atoms with Crippen LogP contribution in [0.4, 0.5) is 13.2 Å². The lowest BCUT2D eigenvalue weighted by molar-refractivity contribution is -0.182. The Hall–Kier alpha value is -1.00. The molecule has 2 nitrogen and oxygen atoms in total. The van der Waals surface area contributed by atoms with Gasteiger partial charge in [0.05, 0.1) is 5.92 Å². The molecule has 1 N–H and O–H groups in total. The summed E-state index contributed by atoms with van der Waals surface area (Å²) in [6.45, 7) is 5.06. The first-order chi connectivity index (χ1) is 7.30. The zero-order chi connectivity index (χ0) is 12.3. The molecule has 0 radical (unpaired) electrons. The molecule has 5 heteroatoms. The smallest absolute Gasteiger partial charge is 0.350 e. The van der Waals surface area contributed by atoms with E-state index in [-0.39, 0.29) is 24.8 Å². The first-order valence-electron chi connectivity index (χ1n) is 5.33. The van der Waals surface area contributed by atoms with Gasteiger partial charge in [-0.15, -0.1) is 0 Å². The van der Waals surface area contributed by atoms with Crippen LogP contribution < -0.4 is 5.32 Å². The molecule has 1 aliphatic rings. The summed E-state index contributed by atoms with van der Waals surface area (Å²) in [5, 5.41) is 2.68. The van der Waals surface area contributed by atoms with E-state index < -0.39 is 12.1 Å². The summed E-state index contributed by atoms with van der Waals surface area (Å²) in [6.07, 6.45) is -3.11. The van der Waals surface area contributed by atoms with Gasteiger partial charge in [0.1, 0.15) is 0 Å². The van der Waals surface area contributed by atoms with Gasteiger partial charge in [-0.3, -0.25) is 4.79 Å². The molecule has 0 saturated heterocycles. The Balaban J connectivity index is 2.38. The summed E-state index contributed by atoms with van der Waals surface area (Å²) in [5.41, 5.74) is 0.387. The van der Waals surface area contributed by atoms with Crippen molar-refractivity contribution < 1.29 is 18.0 Å². The molecule has 1 saturated carbocycles. The molecule has 1 aliphatic carbocycles. The van der Waals surface area contributed by atoms with E-state index in [0.717, 1.165) is 0 Å². The van der Waals surface area contributed by atoms with Crippen molar-refractivity contribution in [2.45, 2.75) is 44.8 Å². The van der Waals surface area contributed by atoms with Crippen LogP contribution in [0.3, 0.4) is 0 Å². The molecule has 0 heterocycles. The Labute approximate surface area is 92.9 Å².